The smallest absolute Gasteiger partial charge is 0.251 e. The highest BCUT2D eigenvalue weighted by Crippen LogP contribution is 2.41. The second-order valence-corrected chi connectivity index (χ2v) is 7.32. The van der Waals surface area contributed by atoms with Gasteiger partial charge in [-0.1, -0.05) is 42.5 Å². The minimum absolute atomic E-state index is 0.0328. The number of carbonyl (C=O) groups excluding carboxylic acids is 2. The Morgan fingerprint density at radius 3 is 2.42 bits per heavy atom. The molecule has 2 amide bonds. The van der Waals surface area contributed by atoms with Crippen molar-refractivity contribution in [2.45, 2.75) is 38.3 Å². The largest absolute Gasteiger partial charge is 0.345 e. The SMILES string of the molecule is O=C(NC(c1ccccc1)C1CC1)c1ccc(CN2CCCC2=O)cc1. The van der Waals surface area contributed by atoms with Crippen LogP contribution in [0, 0.1) is 5.92 Å². The fourth-order valence-electron chi connectivity index (χ4n) is 3.64. The van der Waals surface area contributed by atoms with Gasteiger partial charge in [-0.15, -0.1) is 0 Å². The summed E-state index contributed by atoms with van der Waals surface area (Å²) in [5, 5.41) is 3.21. The number of likely N-dealkylation sites (tertiary alicyclic amines) is 1. The first-order valence-corrected chi connectivity index (χ1v) is 9.43. The van der Waals surface area contributed by atoms with Crippen LogP contribution in [-0.2, 0) is 11.3 Å². The van der Waals surface area contributed by atoms with Gasteiger partial charge >= 0.3 is 0 Å². The molecule has 0 radical (unpaired) electrons. The van der Waals surface area contributed by atoms with E-state index in [0.717, 1.165) is 18.5 Å². The highest BCUT2D eigenvalue weighted by Gasteiger charge is 2.33. The fourth-order valence-corrected chi connectivity index (χ4v) is 3.64. The van der Waals surface area contributed by atoms with E-state index in [1.807, 2.05) is 47.4 Å². The van der Waals surface area contributed by atoms with Crippen LogP contribution in [0.2, 0.25) is 0 Å². The van der Waals surface area contributed by atoms with Gasteiger partial charge in [0.15, 0.2) is 0 Å². The summed E-state index contributed by atoms with van der Waals surface area (Å²) in [6.07, 6.45) is 3.94. The van der Waals surface area contributed by atoms with Crippen LogP contribution in [0.1, 0.15) is 53.2 Å². The molecule has 2 fully saturated rings. The summed E-state index contributed by atoms with van der Waals surface area (Å²) in [6.45, 7) is 1.47. The Kier molecular flexibility index (Phi) is 4.74. The van der Waals surface area contributed by atoms with Crippen LogP contribution >= 0.6 is 0 Å². The molecule has 26 heavy (non-hydrogen) atoms. The van der Waals surface area contributed by atoms with Gasteiger partial charge in [0.1, 0.15) is 0 Å². The average Bonchev–Trinajstić information content (AvgIpc) is 3.44. The normalized spacial score (nSPS) is 18.0. The third-order valence-electron chi connectivity index (χ3n) is 5.30. The summed E-state index contributed by atoms with van der Waals surface area (Å²) in [5.41, 5.74) is 2.91. The van der Waals surface area contributed by atoms with E-state index in [1.54, 1.807) is 0 Å². The van der Waals surface area contributed by atoms with Crippen LogP contribution in [0.5, 0.6) is 0 Å². The van der Waals surface area contributed by atoms with Crippen molar-refractivity contribution in [1.82, 2.24) is 10.2 Å². The van der Waals surface area contributed by atoms with Crippen molar-refractivity contribution in [3.05, 3.63) is 71.3 Å². The van der Waals surface area contributed by atoms with Crippen LogP contribution in [-0.4, -0.2) is 23.3 Å². The lowest BCUT2D eigenvalue weighted by molar-refractivity contribution is -0.128. The highest BCUT2D eigenvalue weighted by molar-refractivity contribution is 5.94. The van der Waals surface area contributed by atoms with Crippen molar-refractivity contribution >= 4 is 11.8 Å². The molecule has 4 rings (SSSR count). The molecule has 0 aromatic heterocycles. The van der Waals surface area contributed by atoms with Crippen molar-refractivity contribution in [3.8, 4) is 0 Å². The van der Waals surface area contributed by atoms with E-state index in [1.165, 1.54) is 18.4 Å². The maximum absolute atomic E-state index is 12.7. The van der Waals surface area contributed by atoms with Crippen LogP contribution < -0.4 is 5.32 Å². The van der Waals surface area contributed by atoms with E-state index in [0.29, 0.717) is 24.4 Å². The molecule has 0 bridgehead atoms. The number of hydrogen-bond acceptors (Lipinski definition) is 2. The summed E-state index contributed by atoms with van der Waals surface area (Å²) >= 11 is 0. The molecule has 1 atom stereocenters. The molecule has 0 spiro atoms. The number of amides is 2. The summed E-state index contributed by atoms with van der Waals surface area (Å²) in [7, 11) is 0. The first kappa shape index (κ1) is 16.8. The van der Waals surface area contributed by atoms with Gasteiger partial charge < -0.3 is 10.2 Å². The Bertz CT molecular complexity index is 782. The minimum Gasteiger partial charge on any atom is -0.345 e. The van der Waals surface area contributed by atoms with E-state index < -0.39 is 0 Å². The molecular formula is C22H24N2O2. The average molecular weight is 348 g/mol. The first-order valence-electron chi connectivity index (χ1n) is 9.43. The quantitative estimate of drug-likeness (QED) is 0.865. The van der Waals surface area contributed by atoms with Gasteiger partial charge in [0, 0.05) is 25.1 Å². The molecule has 2 aromatic carbocycles. The van der Waals surface area contributed by atoms with Crippen LogP contribution in [0.25, 0.3) is 0 Å². The molecule has 1 N–H and O–H groups in total. The zero-order chi connectivity index (χ0) is 17.9. The monoisotopic (exact) mass is 348 g/mol. The van der Waals surface area contributed by atoms with Crippen LogP contribution in [0.15, 0.2) is 54.6 Å². The van der Waals surface area contributed by atoms with Gasteiger partial charge in [-0.2, -0.15) is 0 Å². The summed E-state index contributed by atoms with van der Waals surface area (Å²) in [4.78, 5) is 26.3. The molecule has 1 saturated heterocycles. The number of rotatable bonds is 6. The molecule has 134 valence electrons. The molecule has 1 aliphatic heterocycles. The zero-order valence-electron chi connectivity index (χ0n) is 14.9. The molecule has 1 saturated carbocycles. The lowest BCUT2D eigenvalue weighted by Gasteiger charge is -2.19. The molecule has 2 aliphatic rings. The highest BCUT2D eigenvalue weighted by atomic mass is 16.2. The van der Waals surface area contributed by atoms with Crippen LogP contribution in [0.4, 0.5) is 0 Å². The molecular weight excluding hydrogens is 324 g/mol. The van der Waals surface area contributed by atoms with Crippen molar-refractivity contribution in [3.63, 3.8) is 0 Å². The first-order chi connectivity index (χ1) is 12.7. The molecule has 2 aromatic rings. The molecule has 1 heterocycles. The maximum Gasteiger partial charge on any atom is 0.251 e. The van der Waals surface area contributed by atoms with E-state index >= 15 is 0 Å². The Labute approximate surface area is 154 Å². The predicted molar refractivity (Wildman–Crippen MR) is 100 cm³/mol. The fraction of sp³-hybridized carbons (Fsp3) is 0.364. The van der Waals surface area contributed by atoms with Gasteiger partial charge in [0.05, 0.1) is 6.04 Å². The minimum atomic E-state index is -0.0328. The lowest BCUT2D eigenvalue weighted by Crippen LogP contribution is -2.30. The topological polar surface area (TPSA) is 49.4 Å². The number of nitrogens with zero attached hydrogens (tertiary/aromatic N) is 1. The third-order valence-corrected chi connectivity index (χ3v) is 5.30. The van der Waals surface area contributed by atoms with Crippen molar-refractivity contribution in [1.29, 1.82) is 0 Å². The summed E-state index contributed by atoms with van der Waals surface area (Å²) in [5.74, 6) is 0.735. The Balaban J connectivity index is 1.42. The second kappa shape index (κ2) is 7.32. The summed E-state index contributed by atoms with van der Waals surface area (Å²) in [6, 6.07) is 17.9. The molecule has 4 heteroatoms. The number of benzene rings is 2. The summed E-state index contributed by atoms with van der Waals surface area (Å²) < 4.78 is 0. The molecule has 4 nitrogen and oxygen atoms in total. The molecule has 1 aliphatic carbocycles. The third kappa shape index (κ3) is 3.79. The van der Waals surface area contributed by atoms with E-state index in [2.05, 4.69) is 17.4 Å². The number of hydrogen-bond donors (Lipinski definition) is 1. The van der Waals surface area contributed by atoms with Crippen molar-refractivity contribution in [2.24, 2.45) is 5.92 Å². The van der Waals surface area contributed by atoms with E-state index in [-0.39, 0.29) is 17.9 Å². The Hall–Kier alpha value is -2.62. The van der Waals surface area contributed by atoms with Crippen molar-refractivity contribution in [2.75, 3.05) is 6.54 Å². The van der Waals surface area contributed by atoms with Gasteiger partial charge in [-0.3, -0.25) is 9.59 Å². The van der Waals surface area contributed by atoms with E-state index in [4.69, 9.17) is 0 Å². The second-order valence-electron chi connectivity index (χ2n) is 7.32. The van der Waals surface area contributed by atoms with Crippen LogP contribution in [0.3, 0.4) is 0 Å². The lowest BCUT2D eigenvalue weighted by atomic mass is 10.0. The van der Waals surface area contributed by atoms with E-state index in [9.17, 15) is 9.59 Å². The predicted octanol–water partition coefficient (Wildman–Crippen LogP) is 3.69. The van der Waals surface area contributed by atoms with Gasteiger partial charge in [-0.25, -0.2) is 0 Å². The maximum atomic E-state index is 12.7. The van der Waals surface area contributed by atoms with Gasteiger partial charge in [-0.05, 0) is 48.4 Å². The Morgan fingerprint density at radius 1 is 1.08 bits per heavy atom. The van der Waals surface area contributed by atoms with Gasteiger partial charge in [0.25, 0.3) is 5.91 Å². The molecule has 1 unspecified atom stereocenters. The Morgan fingerprint density at radius 2 is 1.81 bits per heavy atom. The zero-order valence-corrected chi connectivity index (χ0v) is 14.9. The van der Waals surface area contributed by atoms with Crippen molar-refractivity contribution < 1.29 is 9.59 Å². The standard InChI is InChI=1S/C22H24N2O2/c25-20-7-4-14-24(20)15-16-8-10-19(11-9-16)22(26)23-21(18-12-13-18)17-5-2-1-3-6-17/h1-3,5-6,8-11,18,21H,4,7,12-15H2,(H,23,26). The van der Waals surface area contributed by atoms with Gasteiger partial charge in [0.2, 0.25) is 5.91 Å². The number of carbonyl (C=O) groups is 2. The number of nitrogens with one attached hydrogen (secondary N) is 1.